The molecule has 0 bridgehead atoms. The molecule has 1 aliphatic heterocycles. The highest BCUT2D eigenvalue weighted by Crippen LogP contribution is 2.21. The first-order valence-corrected chi connectivity index (χ1v) is 9.88. The topological polar surface area (TPSA) is 58.1 Å². The predicted octanol–water partition coefficient (Wildman–Crippen LogP) is 2.70. The number of alkyl halides is 2. The van der Waals surface area contributed by atoms with Gasteiger partial charge in [0, 0.05) is 37.8 Å². The third-order valence-corrected chi connectivity index (χ3v) is 4.70. The van der Waals surface area contributed by atoms with Crippen molar-refractivity contribution in [3.8, 4) is 5.75 Å². The normalized spacial score (nSPS) is 17.0. The van der Waals surface area contributed by atoms with Crippen molar-refractivity contribution < 1.29 is 18.3 Å². The maximum absolute atomic E-state index is 12.6. The molecule has 0 spiro atoms. The number of morpholine rings is 1. The van der Waals surface area contributed by atoms with E-state index in [-0.39, 0.29) is 12.3 Å². The Morgan fingerprint density at radius 3 is 2.57 bits per heavy atom. The van der Waals surface area contributed by atoms with Crippen LogP contribution < -0.4 is 15.4 Å². The summed E-state index contributed by atoms with van der Waals surface area (Å²) in [4.78, 5) is 7.00. The Morgan fingerprint density at radius 2 is 1.93 bits per heavy atom. The Kier molecular flexibility index (Phi) is 9.43. The minimum atomic E-state index is -2.85. The highest BCUT2D eigenvalue weighted by Gasteiger charge is 2.23. The summed E-state index contributed by atoms with van der Waals surface area (Å²) in [6.45, 7) is 8.66. The lowest BCUT2D eigenvalue weighted by atomic mass is 10.0. The van der Waals surface area contributed by atoms with Crippen LogP contribution in [0.3, 0.4) is 0 Å². The third kappa shape index (κ3) is 7.24. The third-order valence-electron chi connectivity index (χ3n) is 4.70. The van der Waals surface area contributed by atoms with Gasteiger partial charge in [-0.05, 0) is 18.9 Å². The quantitative estimate of drug-likeness (QED) is 0.495. The van der Waals surface area contributed by atoms with Crippen molar-refractivity contribution in [3.05, 3.63) is 29.8 Å². The van der Waals surface area contributed by atoms with Crippen LogP contribution in [0, 0.1) is 5.92 Å². The molecule has 0 aliphatic carbocycles. The molecule has 1 aliphatic rings. The Hall–Kier alpha value is -1.93. The Morgan fingerprint density at radius 1 is 1.21 bits per heavy atom. The van der Waals surface area contributed by atoms with Crippen LogP contribution in [0.25, 0.3) is 0 Å². The smallest absolute Gasteiger partial charge is 0.387 e. The molecule has 0 aromatic heterocycles. The number of nitrogens with one attached hydrogen (secondary N) is 2. The maximum atomic E-state index is 12.6. The molecule has 158 valence electrons. The van der Waals surface area contributed by atoms with Gasteiger partial charge in [0.1, 0.15) is 5.75 Å². The molecule has 8 heteroatoms. The predicted molar refractivity (Wildman–Crippen MR) is 107 cm³/mol. The zero-order valence-electron chi connectivity index (χ0n) is 17.0. The first kappa shape index (κ1) is 22.4. The van der Waals surface area contributed by atoms with Crippen LogP contribution in [0.5, 0.6) is 5.75 Å². The summed E-state index contributed by atoms with van der Waals surface area (Å²) >= 11 is 0. The van der Waals surface area contributed by atoms with Crippen molar-refractivity contribution in [1.82, 2.24) is 15.5 Å². The first-order valence-electron chi connectivity index (χ1n) is 9.88. The van der Waals surface area contributed by atoms with Crippen molar-refractivity contribution in [1.29, 1.82) is 0 Å². The molecule has 6 nitrogen and oxygen atoms in total. The van der Waals surface area contributed by atoms with Gasteiger partial charge in [0.2, 0.25) is 0 Å². The van der Waals surface area contributed by atoms with Gasteiger partial charge in [0.15, 0.2) is 5.96 Å². The molecule has 0 radical (unpaired) electrons. The van der Waals surface area contributed by atoms with Crippen LogP contribution in [-0.2, 0) is 11.3 Å². The number of hydrogen-bond donors (Lipinski definition) is 2. The number of aliphatic imine (C=N–C) groups is 1. The first-order chi connectivity index (χ1) is 13.5. The van der Waals surface area contributed by atoms with Crippen LogP contribution in [0.15, 0.2) is 29.3 Å². The maximum Gasteiger partial charge on any atom is 0.387 e. The van der Waals surface area contributed by atoms with Crippen molar-refractivity contribution in [2.75, 3.05) is 39.4 Å². The summed E-state index contributed by atoms with van der Waals surface area (Å²) in [5, 5.41) is 6.61. The molecule has 1 unspecified atom stereocenters. The highest BCUT2D eigenvalue weighted by molar-refractivity contribution is 5.79. The van der Waals surface area contributed by atoms with E-state index < -0.39 is 6.61 Å². The fourth-order valence-corrected chi connectivity index (χ4v) is 3.25. The van der Waals surface area contributed by atoms with E-state index in [1.807, 2.05) is 6.92 Å². The fraction of sp³-hybridized carbons (Fsp3) is 0.650. The summed E-state index contributed by atoms with van der Waals surface area (Å²) in [6.07, 6.45) is 0. The van der Waals surface area contributed by atoms with Crippen LogP contribution in [0.2, 0.25) is 0 Å². The molecular formula is C20H32F2N4O2. The van der Waals surface area contributed by atoms with Crippen LogP contribution in [-0.4, -0.2) is 62.9 Å². The molecule has 0 saturated carbocycles. The molecule has 1 aromatic rings. The number of nitrogens with zero attached hydrogens (tertiary/aromatic N) is 2. The molecule has 0 amide bonds. The van der Waals surface area contributed by atoms with Gasteiger partial charge in [0.25, 0.3) is 0 Å². The second-order valence-corrected chi connectivity index (χ2v) is 7.02. The number of ether oxygens (including phenoxy) is 2. The summed E-state index contributed by atoms with van der Waals surface area (Å²) in [7, 11) is 0. The van der Waals surface area contributed by atoms with E-state index in [1.54, 1.807) is 18.2 Å². The molecule has 2 N–H and O–H groups in total. The van der Waals surface area contributed by atoms with Crippen LogP contribution >= 0.6 is 0 Å². The minimum absolute atomic E-state index is 0.158. The zero-order chi connectivity index (χ0) is 20.4. The van der Waals surface area contributed by atoms with Gasteiger partial charge in [-0.15, -0.1) is 0 Å². The molecule has 1 fully saturated rings. The van der Waals surface area contributed by atoms with Gasteiger partial charge in [-0.25, -0.2) is 4.99 Å². The molecule has 2 rings (SSSR count). The van der Waals surface area contributed by atoms with Crippen LogP contribution in [0.1, 0.15) is 26.3 Å². The Bertz CT molecular complexity index is 608. The summed E-state index contributed by atoms with van der Waals surface area (Å²) in [5.41, 5.74) is 0.619. The number of guanidine groups is 1. The van der Waals surface area contributed by atoms with Gasteiger partial charge >= 0.3 is 6.61 Å². The van der Waals surface area contributed by atoms with E-state index in [0.29, 0.717) is 30.0 Å². The monoisotopic (exact) mass is 398 g/mol. The van der Waals surface area contributed by atoms with Gasteiger partial charge in [-0.1, -0.05) is 32.0 Å². The molecule has 28 heavy (non-hydrogen) atoms. The number of rotatable bonds is 9. The molecule has 1 atom stereocenters. The van der Waals surface area contributed by atoms with Gasteiger partial charge in [-0.2, -0.15) is 8.78 Å². The minimum Gasteiger partial charge on any atom is -0.434 e. The van der Waals surface area contributed by atoms with E-state index >= 15 is 0 Å². The standard InChI is InChI=1S/C20H32F2N4O2/c1-4-23-20(24-13-16-7-5-6-8-18(16)28-19(21)22)25-14-17(15(2)3)26-9-11-27-12-10-26/h5-8,15,17,19H,4,9-14H2,1-3H3,(H2,23,24,25). The summed E-state index contributed by atoms with van der Waals surface area (Å²) in [6, 6.07) is 7.10. The van der Waals surface area contributed by atoms with Crippen molar-refractivity contribution in [2.24, 2.45) is 10.9 Å². The lowest BCUT2D eigenvalue weighted by Crippen LogP contribution is -2.52. The lowest BCUT2D eigenvalue weighted by molar-refractivity contribution is -0.0504. The van der Waals surface area contributed by atoms with Crippen molar-refractivity contribution in [2.45, 2.75) is 40.0 Å². The van der Waals surface area contributed by atoms with E-state index in [0.717, 1.165) is 32.8 Å². The second kappa shape index (κ2) is 11.8. The van der Waals surface area contributed by atoms with Crippen molar-refractivity contribution >= 4 is 5.96 Å². The number of benzene rings is 1. The summed E-state index contributed by atoms with van der Waals surface area (Å²) in [5.74, 6) is 1.30. The molecule has 1 aromatic carbocycles. The highest BCUT2D eigenvalue weighted by atomic mass is 19.3. The Labute approximate surface area is 166 Å². The van der Waals surface area contributed by atoms with Crippen LogP contribution in [0.4, 0.5) is 8.78 Å². The fourth-order valence-electron chi connectivity index (χ4n) is 3.25. The number of halogens is 2. The lowest BCUT2D eigenvalue weighted by Gasteiger charge is -2.37. The van der Waals surface area contributed by atoms with Gasteiger partial charge in [0.05, 0.1) is 19.8 Å². The average molecular weight is 398 g/mol. The zero-order valence-corrected chi connectivity index (χ0v) is 17.0. The largest absolute Gasteiger partial charge is 0.434 e. The van der Waals surface area contributed by atoms with E-state index in [4.69, 9.17) is 4.74 Å². The molecular weight excluding hydrogens is 366 g/mol. The SMILES string of the molecule is CCNC(=NCc1ccccc1OC(F)F)NCC(C(C)C)N1CCOCC1. The number of para-hydroxylation sites is 1. The van der Waals surface area contributed by atoms with Gasteiger partial charge < -0.3 is 20.1 Å². The van der Waals surface area contributed by atoms with E-state index in [1.165, 1.54) is 6.07 Å². The summed E-state index contributed by atoms with van der Waals surface area (Å²) < 4.78 is 35.2. The van der Waals surface area contributed by atoms with Gasteiger partial charge in [-0.3, -0.25) is 4.90 Å². The average Bonchev–Trinajstić information content (AvgIpc) is 2.67. The van der Waals surface area contributed by atoms with E-state index in [2.05, 4.69) is 39.1 Å². The number of hydrogen-bond acceptors (Lipinski definition) is 4. The second-order valence-electron chi connectivity index (χ2n) is 7.02. The van der Waals surface area contributed by atoms with Crippen molar-refractivity contribution in [3.63, 3.8) is 0 Å². The van der Waals surface area contributed by atoms with E-state index in [9.17, 15) is 8.78 Å². The Balaban J connectivity index is 2.01. The molecule has 1 heterocycles. The molecule has 1 saturated heterocycles.